The van der Waals surface area contributed by atoms with Crippen molar-refractivity contribution in [1.29, 1.82) is 0 Å². The van der Waals surface area contributed by atoms with Gasteiger partial charge in [0.05, 0.1) is 12.1 Å². The zero-order valence-electron chi connectivity index (χ0n) is 9.20. The third kappa shape index (κ3) is 3.26. The van der Waals surface area contributed by atoms with Crippen LogP contribution in [-0.4, -0.2) is 16.7 Å². The molecule has 0 bridgehead atoms. The molecule has 0 radical (unpaired) electrons. The summed E-state index contributed by atoms with van der Waals surface area (Å²) in [6, 6.07) is 6.00. The first-order chi connectivity index (χ1) is 8.20. The Morgan fingerprint density at radius 2 is 2.29 bits per heavy atom. The zero-order valence-corrected chi connectivity index (χ0v) is 12.9. The van der Waals surface area contributed by atoms with Crippen molar-refractivity contribution in [3.8, 4) is 11.5 Å². The van der Waals surface area contributed by atoms with Gasteiger partial charge in [-0.2, -0.15) is 4.98 Å². The van der Waals surface area contributed by atoms with Gasteiger partial charge in [0.15, 0.2) is 5.82 Å². The molecule has 4 nitrogen and oxygen atoms in total. The van der Waals surface area contributed by atoms with Gasteiger partial charge in [-0.25, -0.2) is 0 Å². The maximum Gasteiger partial charge on any atom is 0.259 e. The summed E-state index contributed by atoms with van der Waals surface area (Å²) < 4.78 is 7.34. The molecule has 1 heterocycles. The highest BCUT2D eigenvalue weighted by Gasteiger charge is 2.11. The van der Waals surface area contributed by atoms with E-state index in [1.807, 2.05) is 25.1 Å². The minimum absolute atomic E-state index is 0.545. The quantitative estimate of drug-likeness (QED) is 0.790. The molecule has 0 saturated heterocycles. The molecule has 0 aliphatic rings. The Labute approximate surface area is 121 Å². The average molecular weight is 408 g/mol. The fourth-order valence-electron chi connectivity index (χ4n) is 1.33. The van der Waals surface area contributed by atoms with E-state index in [2.05, 4.69) is 54.0 Å². The standard InChI is InChI=1S/C11H11BrIN3O/c1-2-14-6-10-15-11(17-16-10)8-5-7(13)3-4-9(8)12/h3-5,14H,2,6H2,1H3. The normalized spacial score (nSPS) is 10.8. The van der Waals surface area contributed by atoms with E-state index in [9.17, 15) is 0 Å². The minimum Gasteiger partial charge on any atom is -0.334 e. The van der Waals surface area contributed by atoms with Crippen molar-refractivity contribution >= 4 is 38.5 Å². The Kier molecular flexibility index (Phi) is 4.52. The molecule has 2 aromatic rings. The van der Waals surface area contributed by atoms with E-state index in [-0.39, 0.29) is 0 Å². The Morgan fingerprint density at radius 3 is 3.06 bits per heavy atom. The van der Waals surface area contributed by atoms with E-state index in [1.54, 1.807) is 0 Å². The van der Waals surface area contributed by atoms with Crippen LogP contribution in [-0.2, 0) is 6.54 Å². The summed E-state index contributed by atoms with van der Waals surface area (Å²) in [5.41, 5.74) is 0.923. The van der Waals surface area contributed by atoms with Crippen LogP contribution in [0, 0.1) is 3.57 Å². The lowest BCUT2D eigenvalue weighted by molar-refractivity contribution is 0.419. The van der Waals surface area contributed by atoms with Gasteiger partial charge in [-0.15, -0.1) is 0 Å². The molecule has 1 aromatic heterocycles. The molecule has 1 aromatic carbocycles. The van der Waals surface area contributed by atoms with Crippen molar-refractivity contribution in [2.24, 2.45) is 0 Å². The van der Waals surface area contributed by atoms with Gasteiger partial charge in [-0.3, -0.25) is 0 Å². The summed E-state index contributed by atoms with van der Waals surface area (Å²) in [6.07, 6.45) is 0. The van der Waals surface area contributed by atoms with Crippen LogP contribution in [0.25, 0.3) is 11.5 Å². The number of rotatable bonds is 4. The van der Waals surface area contributed by atoms with Crippen LogP contribution < -0.4 is 5.32 Å². The molecule has 0 atom stereocenters. The molecule has 6 heteroatoms. The first-order valence-corrected chi connectivity index (χ1v) is 7.06. The molecule has 0 aliphatic carbocycles. The van der Waals surface area contributed by atoms with Gasteiger partial charge < -0.3 is 9.84 Å². The molecule has 0 unspecified atom stereocenters. The van der Waals surface area contributed by atoms with E-state index >= 15 is 0 Å². The fourth-order valence-corrected chi connectivity index (χ4v) is 2.24. The van der Waals surface area contributed by atoms with Crippen LogP contribution in [0.1, 0.15) is 12.7 Å². The second-order valence-electron chi connectivity index (χ2n) is 3.42. The van der Waals surface area contributed by atoms with E-state index in [0.29, 0.717) is 18.3 Å². The summed E-state index contributed by atoms with van der Waals surface area (Å²) in [4.78, 5) is 4.35. The highest BCUT2D eigenvalue weighted by atomic mass is 127. The number of hydrogen-bond donors (Lipinski definition) is 1. The van der Waals surface area contributed by atoms with E-state index < -0.39 is 0 Å². The number of nitrogens with zero attached hydrogens (tertiary/aromatic N) is 2. The fraction of sp³-hybridized carbons (Fsp3) is 0.273. The lowest BCUT2D eigenvalue weighted by atomic mass is 10.2. The van der Waals surface area contributed by atoms with E-state index in [4.69, 9.17) is 4.52 Å². The molecule has 17 heavy (non-hydrogen) atoms. The number of nitrogens with one attached hydrogen (secondary N) is 1. The Hall–Kier alpha value is -0.470. The molecular formula is C11H11BrIN3O. The summed E-state index contributed by atoms with van der Waals surface area (Å²) in [5, 5.41) is 7.09. The summed E-state index contributed by atoms with van der Waals surface area (Å²) in [7, 11) is 0. The van der Waals surface area contributed by atoms with Crippen molar-refractivity contribution in [1.82, 2.24) is 15.5 Å². The second kappa shape index (κ2) is 5.92. The van der Waals surface area contributed by atoms with Crippen molar-refractivity contribution in [2.75, 3.05) is 6.54 Å². The molecule has 0 aliphatic heterocycles. The first kappa shape index (κ1) is 13.0. The van der Waals surface area contributed by atoms with Crippen molar-refractivity contribution in [2.45, 2.75) is 13.5 Å². The third-order valence-corrected chi connectivity index (χ3v) is 3.52. The highest BCUT2D eigenvalue weighted by molar-refractivity contribution is 14.1. The predicted molar refractivity (Wildman–Crippen MR) is 77.5 cm³/mol. The van der Waals surface area contributed by atoms with Gasteiger partial charge in [0.1, 0.15) is 0 Å². The van der Waals surface area contributed by atoms with Crippen LogP contribution >= 0.6 is 38.5 Å². The van der Waals surface area contributed by atoms with Crippen molar-refractivity contribution in [3.63, 3.8) is 0 Å². The van der Waals surface area contributed by atoms with Gasteiger partial charge >= 0.3 is 0 Å². The highest BCUT2D eigenvalue weighted by Crippen LogP contribution is 2.28. The lowest BCUT2D eigenvalue weighted by Gasteiger charge is -1.99. The topological polar surface area (TPSA) is 51.0 Å². The van der Waals surface area contributed by atoms with Crippen LogP contribution in [0.5, 0.6) is 0 Å². The van der Waals surface area contributed by atoms with Gasteiger partial charge in [-0.1, -0.05) is 12.1 Å². The predicted octanol–water partition coefficient (Wildman–Crippen LogP) is 3.21. The van der Waals surface area contributed by atoms with Gasteiger partial charge in [0.2, 0.25) is 0 Å². The zero-order chi connectivity index (χ0) is 12.3. The summed E-state index contributed by atoms with van der Waals surface area (Å²) in [6.45, 7) is 3.55. The number of benzene rings is 1. The molecule has 0 amide bonds. The lowest BCUT2D eigenvalue weighted by Crippen LogP contribution is -2.12. The molecule has 0 saturated carbocycles. The smallest absolute Gasteiger partial charge is 0.259 e. The Morgan fingerprint density at radius 1 is 1.47 bits per heavy atom. The molecule has 1 N–H and O–H groups in total. The number of aromatic nitrogens is 2. The van der Waals surface area contributed by atoms with Gasteiger partial charge in [0.25, 0.3) is 5.89 Å². The van der Waals surface area contributed by atoms with Gasteiger partial charge in [0, 0.05) is 8.04 Å². The largest absolute Gasteiger partial charge is 0.334 e. The van der Waals surface area contributed by atoms with E-state index in [1.165, 1.54) is 0 Å². The monoisotopic (exact) mass is 407 g/mol. The molecular weight excluding hydrogens is 397 g/mol. The van der Waals surface area contributed by atoms with Crippen molar-refractivity contribution in [3.05, 3.63) is 32.1 Å². The second-order valence-corrected chi connectivity index (χ2v) is 5.52. The minimum atomic E-state index is 0.545. The summed E-state index contributed by atoms with van der Waals surface area (Å²) >= 11 is 5.74. The van der Waals surface area contributed by atoms with E-state index in [0.717, 1.165) is 20.2 Å². The Balaban J connectivity index is 2.27. The summed E-state index contributed by atoms with van der Waals surface area (Å²) in [5.74, 6) is 1.22. The van der Waals surface area contributed by atoms with Crippen molar-refractivity contribution < 1.29 is 4.52 Å². The third-order valence-electron chi connectivity index (χ3n) is 2.16. The SMILES string of the molecule is CCNCc1noc(-c2cc(I)ccc2Br)n1. The molecule has 0 fully saturated rings. The van der Waals surface area contributed by atoms with Crippen LogP contribution in [0.15, 0.2) is 27.2 Å². The van der Waals surface area contributed by atoms with Crippen LogP contribution in [0.3, 0.4) is 0 Å². The maximum atomic E-state index is 5.25. The average Bonchev–Trinajstić information content (AvgIpc) is 2.78. The molecule has 0 spiro atoms. The number of hydrogen-bond acceptors (Lipinski definition) is 4. The molecule has 2 rings (SSSR count). The number of halogens is 2. The van der Waals surface area contributed by atoms with Crippen LogP contribution in [0.2, 0.25) is 0 Å². The first-order valence-electron chi connectivity index (χ1n) is 5.19. The Bertz CT molecular complexity index is 515. The maximum absolute atomic E-state index is 5.25. The van der Waals surface area contributed by atoms with Crippen LogP contribution in [0.4, 0.5) is 0 Å². The van der Waals surface area contributed by atoms with Gasteiger partial charge in [-0.05, 0) is 63.3 Å². The molecule has 90 valence electrons.